The molecule has 32 heavy (non-hydrogen) atoms. The van der Waals surface area contributed by atoms with Crippen molar-refractivity contribution in [1.29, 1.82) is 0 Å². The van der Waals surface area contributed by atoms with Gasteiger partial charge in [0.1, 0.15) is 11.6 Å². The lowest BCUT2D eigenvalue weighted by molar-refractivity contribution is 0.102. The fourth-order valence-corrected chi connectivity index (χ4v) is 3.82. The second kappa shape index (κ2) is 7.74. The van der Waals surface area contributed by atoms with Crippen LogP contribution < -0.4 is 10.9 Å². The molecule has 0 fully saturated rings. The van der Waals surface area contributed by atoms with E-state index in [4.69, 9.17) is 0 Å². The van der Waals surface area contributed by atoms with Crippen LogP contribution in [0.3, 0.4) is 0 Å². The fourth-order valence-electron chi connectivity index (χ4n) is 3.82. The SMILES string of the molecule is Cc1nc2ccccc2c(=O)n1-c1ccc(F)c(NC(=O)c2ccc3ccccc3c2)c1. The fraction of sp³-hybridized carbons (Fsp3) is 0.0385. The van der Waals surface area contributed by atoms with Crippen molar-refractivity contribution in [3.8, 4) is 5.69 Å². The predicted octanol–water partition coefficient (Wildman–Crippen LogP) is 5.24. The monoisotopic (exact) mass is 423 g/mol. The van der Waals surface area contributed by atoms with Crippen molar-refractivity contribution < 1.29 is 9.18 Å². The minimum atomic E-state index is -0.595. The molecule has 0 aliphatic carbocycles. The van der Waals surface area contributed by atoms with Crippen LogP contribution in [-0.4, -0.2) is 15.5 Å². The zero-order chi connectivity index (χ0) is 22.2. The lowest BCUT2D eigenvalue weighted by atomic mass is 10.1. The van der Waals surface area contributed by atoms with Gasteiger partial charge >= 0.3 is 0 Å². The Hall–Kier alpha value is -4.32. The summed E-state index contributed by atoms with van der Waals surface area (Å²) in [6.45, 7) is 1.71. The standard InChI is InChI=1S/C26H18FN3O2/c1-16-28-23-9-5-4-8-21(23)26(32)30(16)20-12-13-22(27)24(15-20)29-25(31)19-11-10-17-6-2-3-7-18(17)14-19/h2-15H,1H3,(H,29,31). The number of halogens is 1. The van der Waals surface area contributed by atoms with Gasteiger partial charge in [-0.15, -0.1) is 0 Å². The average molecular weight is 423 g/mol. The predicted molar refractivity (Wildman–Crippen MR) is 124 cm³/mol. The highest BCUT2D eigenvalue weighted by atomic mass is 19.1. The highest BCUT2D eigenvalue weighted by Crippen LogP contribution is 2.22. The molecular weight excluding hydrogens is 405 g/mol. The van der Waals surface area contributed by atoms with Gasteiger partial charge in [-0.3, -0.25) is 14.2 Å². The molecule has 4 aromatic carbocycles. The first-order chi connectivity index (χ1) is 15.5. The summed E-state index contributed by atoms with van der Waals surface area (Å²) in [4.78, 5) is 30.3. The molecule has 0 atom stereocenters. The Bertz CT molecular complexity index is 1570. The number of fused-ring (bicyclic) bond motifs is 2. The summed E-state index contributed by atoms with van der Waals surface area (Å²) < 4.78 is 16.0. The number of nitrogens with one attached hydrogen (secondary N) is 1. The molecule has 5 nitrogen and oxygen atoms in total. The van der Waals surface area contributed by atoms with E-state index in [2.05, 4.69) is 10.3 Å². The number of rotatable bonds is 3. The summed E-state index contributed by atoms with van der Waals surface area (Å²) in [7, 11) is 0. The van der Waals surface area contributed by atoms with Crippen molar-refractivity contribution in [2.75, 3.05) is 5.32 Å². The van der Waals surface area contributed by atoms with Gasteiger partial charge in [-0.25, -0.2) is 9.37 Å². The van der Waals surface area contributed by atoms with E-state index in [1.54, 1.807) is 37.3 Å². The summed E-state index contributed by atoms with van der Waals surface area (Å²) >= 11 is 0. The van der Waals surface area contributed by atoms with E-state index >= 15 is 0 Å². The molecule has 0 radical (unpaired) electrons. The number of amides is 1. The minimum absolute atomic E-state index is 0.0138. The van der Waals surface area contributed by atoms with Crippen LogP contribution in [-0.2, 0) is 0 Å². The van der Waals surface area contributed by atoms with E-state index < -0.39 is 11.7 Å². The highest BCUT2D eigenvalue weighted by Gasteiger charge is 2.14. The third-order valence-electron chi connectivity index (χ3n) is 5.41. The molecule has 0 bridgehead atoms. The second-order valence-electron chi connectivity index (χ2n) is 7.50. The third-order valence-corrected chi connectivity index (χ3v) is 5.41. The van der Waals surface area contributed by atoms with Gasteiger partial charge in [0.25, 0.3) is 11.5 Å². The Morgan fingerprint density at radius 3 is 2.50 bits per heavy atom. The molecule has 0 saturated heterocycles. The van der Waals surface area contributed by atoms with Gasteiger partial charge in [-0.2, -0.15) is 0 Å². The van der Waals surface area contributed by atoms with E-state index in [0.29, 0.717) is 28.0 Å². The molecule has 5 aromatic rings. The average Bonchev–Trinajstić information content (AvgIpc) is 2.80. The topological polar surface area (TPSA) is 64.0 Å². The molecule has 1 amide bonds. The molecule has 5 rings (SSSR count). The van der Waals surface area contributed by atoms with E-state index in [1.807, 2.05) is 36.4 Å². The van der Waals surface area contributed by atoms with Gasteiger partial charge in [0.15, 0.2) is 0 Å². The number of anilines is 1. The molecule has 6 heteroatoms. The summed E-state index contributed by atoms with van der Waals surface area (Å²) in [5, 5.41) is 5.02. The number of nitrogens with zero attached hydrogens (tertiary/aromatic N) is 2. The van der Waals surface area contributed by atoms with Gasteiger partial charge in [0.2, 0.25) is 0 Å². The van der Waals surface area contributed by atoms with Crippen molar-refractivity contribution in [3.05, 3.63) is 112 Å². The molecular formula is C26H18FN3O2. The summed E-state index contributed by atoms with van der Waals surface area (Å²) in [5.74, 6) is -0.568. The van der Waals surface area contributed by atoms with Gasteiger partial charge in [0, 0.05) is 5.56 Å². The van der Waals surface area contributed by atoms with Crippen LogP contribution in [0.4, 0.5) is 10.1 Å². The molecule has 0 saturated carbocycles. The van der Waals surface area contributed by atoms with Crippen LogP contribution in [0.1, 0.15) is 16.2 Å². The molecule has 0 aliphatic rings. The van der Waals surface area contributed by atoms with Gasteiger partial charge < -0.3 is 5.32 Å². The summed E-state index contributed by atoms with van der Waals surface area (Å²) in [6, 6.07) is 24.2. The summed E-state index contributed by atoms with van der Waals surface area (Å²) in [5.41, 5.74) is 1.15. The first kappa shape index (κ1) is 19.6. The molecule has 156 valence electrons. The molecule has 1 heterocycles. The Morgan fingerprint density at radius 1 is 0.906 bits per heavy atom. The molecule has 0 unspecified atom stereocenters. The zero-order valence-electron chi connectivity index (χ0n) is 17.2. The van der Waals surface area contributed by atoms with E-state index in [0.717, 1.165) is 10.8 Å². The quantitative estimate of drug-likeness (QED) is 0.432. The first-order valence-corrected chi connectivity index (χ1v) is 10.1. The van der Waals surface area contributed by atoms with Gasteiger partial charge in [-0.05, 0) is 60.2 Å². The van der Waals surface area contributed by atoms with Crippen LogP contribution in [0.15, 0.2) is 89.7 Å². The zero-order valence-corrected chi connectivity index (χ0v) is 17.2. The molecule has 0 aliphatic heterocycles. The molecule has 0 spiro atoms. The van der Waals surface area contributed by atoms with Crippen molar-refractivity contribution in [2.24, 2.45) is 0 Å². The number of aryl methyl sites for hydroxylation is 1. The maximum absolute atomic E-state index is 14.6. The maximum Gasteiger partial charge on any atom is 0.265 e. The van der Waals surface area contributed by atoms with Crippen LogP contribution in [0.25, 0.3) is 27.4 Å². The largest absolute Gasteiger partial charge is 0.319 e. The Labute approximate surface area is 182 Å². The molecule has 1 N–H and O–H groups in total. The number of hydrogen-bond acceptors (Lipinski definition) is 3. The first-order valence-electron chi connectivity index (χ1n) is 10.1. The van der Waals surface area contributed by atoms with E-state index in [-0.39, 0.29) is 11.2 Å². The lowest BCUT2D eigenvalue weighted by Gasteiger charge is -2.13. The van der Waals surface area contributed by atoms with Crippen LogP contribution >= 0.6 is 0 Å². The van der Waals surface area contributed by atoms with Crippen molar-refractivity contribution >= 4 is 33.3 Å². The molecule has 1 aromatic heterocycles. The highest BCUT2D eigenvalue weighted by molar-refractivity contribution is 6.06. The number of para-hydroxylation sites is 1. The summed E-state index contributed by atoms with van der Waals surface area (Å²) in [6.07, 6.45) is 0. The van der Waals surface area contributed by atoms with Gasteiger partial charge in [-0.1, -0.05) is 42.5 Å². The van der Waals surface area contributed by atoms with Crippen LogP contribution in [0.5, 0.6) is 0 Å². The third kappa shape index (κ3) is 3.41. The minimum Gasteiger partial charge on any atom is -0.319 e. The number of aromatic nitrogens is 2. The number of benzene rings is 4. The van der Waals surface area contributed by atoms with Crippen molar-refractivity contribution in [1.82, 2.24) is 9.55 Å². The normalized spacial score (nSPS) is 11.1. The van der Waals surface area contributed by atoms with Crippen molar-refractivity contribution in [3.63, 3.8) is 0 Å². The number of hydrogen-bond donors (Lipinski definition) is 1. The van der Waals surface area contributed by atoms with Crippen LogP contribution in [0.2, 0.25) is 0 Å². The Morgan fingerprint density at radius 2 is 1.66 bits per heavy atom. The number of carbonyl (C=O) groups excluding carboxylic acids is 1. The van der Waals surface area contributed by atoms with E-state index in [9.17, 15) is 14.0 Å². The van der Waals surface area contributed by atoms with Crippen molar-refractivity contribution in [2.45, 2.75) is 6.92 Å². The van der Waals surface area contributed by atoms with E-state index in [1.165, 1.54) is 22.8 Å². The van der Waals surface area contributed by atoms with Crippen LogP contribution in [0, 0.1) is 12.7 Å². The maximum atomic E-state index is 14.6. The second-order valence-corrected chi connectivity index (χ2v) is 7.50. The van der Waals surface area contributed by atoms with Gasteiger partial charge in [0.05, 0.1) is 22.3 Å². The lowest BCUT2D eigenvalue weighted by Crippen LogP contribution is -2.22. The number of carbonyl (C=O) groups is 1. The Kier molecular flexibility index (Phi) is 4.75. The Balaban J connectivity index is 1.54. The smallest absolute Gasteiger partial charge is 0.265 e.